The maximum absolute atomic E-state index is 13.0. The van der Waals surface area contributed by atoms with Crippen LogP contribution in [0.3, 0.4) is 0 Å². The van der Waals surface area contributed by atoms with Crippen molar-refractivity contribution in [1.29, 1.82) is 0 Å². The van der Waals surface area contributed by atoms with E-state index in [2.05, 4.69) is 29.8 Å². The molecular formula is C22H35N3O2. The highest BCUT2D eigenvalue weighted by atomic mass is 16.6. The Labute approximate surface area is 164 Å². The first-order valence-corrected chi connectivity index (χ1v) is 10.5. The minimum atomic E-state index is -0.506. The van der Waals surface area contributed by atoms with Gasteiger partial charge in [0.2, 0.25) is 0 Å². The number of rotatable bonds is 5. The molecule has 2 aliphatic rings. The van der Waals surface area contributed by atoms with Gasteiger partial charge in [0.15, 0.2) is 0 Å². The number of hydrogen-bond acceptors (Lipinski definition) is 4. The minimum absolute atomic E-state index is 0.218. The molecular weight excluding hydrogens is 338 g/mol. The zero-order valence-electron chi connectivity index (χ0n) is 17.6. The molecule has 0 spiro atoms. The third-order valence-electron chi connectivity index (χ3n) is 5.12. The molecule has 1 aliphatic heterocycles. The van der Waals surface area contributed by atoms with Crippen LogP contribution >= 0.6 is 0 Å². The first-order valence-electron chi connectivity index (χ1n) is 10.5. The van der Waals surface area contributed by atoms with Gasteiger partial charge in [0.1, 0.15) is 11.4 Å². The van der Waals surface area contributed by atoms with Gasteiger partial charge >= 0.3 is 6.09 Å². The number of amides is 1. The third kappa shape index (κ3) is 5.22. The molecule has 1 amide bonds. The molecule has 2 fully saturated rings. The van der Waals surface area contributed by atoms with Crippen molar-refractivity contribution >= 4 is 11.9 Å². The Morgan fingerprint density at radius 3 is 2.67 bits per heavy atom. The van der Waals surface area contributed by atoms with Crippen LogP contribution in [0.1, 0.15) is 78.3 Å². The summed E-state index contributed by atoms with van der Waals surface area (Å²) >= 11 is 0. The van der Waals surface area contributed by atoms with Crippen molar-refractivity contribution in [2.24, 2.45) is 5.92 Å². The van der Waals surface area contributed by atoms with E-state index in [4.69, 9.17) is 4.74 Å². The lowest BCUT2D eigenvalue weighted by atomic mass is 9.94. The summed E-state index contributed by atoms with van der Waals surface area (Å²) in [7, 11) is 0. The van der Waals surface area contributed by atoms with Crippen molar-refractivity contribution in [3.63, 3.8) is 0 Å². The lowest BCUT2D eigenvalue weighted by molar-refractivity contribution is 0.0575. The van der Waals surface area contributed by atoms with Gasteiger partial charge in [0.05, 0.1) is 0 Å². The standard InChI is InChI=1S/C22H35N3O2/c1-16(2)15-24-14-7-6-10-19(24)18-9-8-13-23-20(18)25(17-11-12-17)21(26)27-22(3,4)5/h8-9,13,16-17,19H,6-7,10-12,14-15H2,1-5H3/t19-/m1/s1. The lowest BCUT2D eigenvalue weighted by Crippen LogP contribution is -2.41. The second kappa shape index (κ2) is 8.17. The summed E-state index contributed by atoms with van der Waals surface area (Å²) < 4.78 is 5.72. The van der Waals surface area contributed by atoms with Gasteiger partial charge in [-0.1, -0.05) is 26.3 Å². The van der Waals surface area contributed by atoms with Gasteiger partial charge in [-0.15, -0.1) is 0 Å². The summed E-state index contributed by atoms with van der Waals surface area (Å²) in [5.74, 6) is 1.42. The molecule has 150 valence electrons. The van der Waals surface area contributed by atoms with E-state index in [0.717, 1.165) is 38.2 Å². The number of carbonyl (C=O) groups is 1. The Balaban J connectivity index is 1.92. The molecule has 1 aromatic rings. The predicted molar refractivity (Wildman–Crippen MR) is 109 cm³/mol. The molecule has 5 heteroatoms. The molecule has 2 heterocycles. The fraction of sp³-hybridized carbons (Fsp3) is 0.727. The zero-order chi connectivity index (χ0) is 19.6. The molecule has 3 rings (SSSR count). The van der Waals surface area contributed by atoms with E-state index in [-0.39, 0.29) is 12.1 Å². The van der Waals surface area contributed by atoms with E-state index in [9.17, 15) is 4.79 Å². The van der Waals surface area contributed by atoms with Crippen molar-refractivity contribution in [3.8, 4) is 0 Å². The highest BCUT2D eigenvalue weighted by molar-refractivity contribution is 5.89. The molecule has 1 saturated carbocycles. The van der Waals surface area contributed by atoms with E-state index in [1.807, 2.05) is 31.7 Å². The number of pyridine rings is 1. The Morgan fingerprint density at radius 1 is 1.30 bits per heavy atom. The van der Waals surface area contributed by atoms with Crippen LogP contribution in [0.15, 0.2) is 18.3 Å². The molecule has 1 aliphatic carbocycles. The monoisotopic (exact) mass is 373 g/mol. The Morgan fingerprint density at radius 2 is 2.04 bits per heavy atom. The van der Waals surface area contributed by atoms with Crippen LogP contribution in [0.25, 0.3) is 0 Å². The maximum atomic E-state index is 13.0. The van der Waals surface area contributed by atoms with Crippen LogP contribution in [-0.4, -0.2) is 40.7 Å². The topological polar surface area (TPSA) is 45.7 Å². The Hall–Kier alpha value is -1.62. The number of aromatic nitrogens is 1. The highest BCUT2D eigenvalue weighted by Gasteiger charge is 2.39. The molecule has 1 atom stereocenters. The summed E-state index contributed by atoms with van der Waals surface area (Å²) in [6.45, 7) is 12.5. The number of hydrogen-bond donors (Lipinski definition) is 0. The van der Waals surface area contributed by atoms with Gasteiger partial charge in [0, 0.05) is 30.4 Å². The van der Waals surface area contributed by atoms with E-state index in [0.29, 0.717) is 12.0 Å². The SMILES string of the molecule is CC(C)CN1CCCC[C@@H]1c1cccnc1N(C(=O)OC(C)(C)C)C1CC1. The number of piperidine rings is 1. The number of likely N-dealkylation sites (tertiary alicyclic amines) is 1. The molecule has 0 unspecified atom stereocenters. The summed E-state index contributed by atoms with van der Waals surface area (Å²) in [6.07, 6.45) is 7.18. The van der Waals surface area contributed by atoms with Crippen molar-refractivity contribution in [2.75, 3.05) is 18.0 Å². The van der Waals surface area contributed by atoms with Gasteiger partial charge in [-0.05, 0) is 65.0 Å². The van der Waals surface area contributed by atoms with Crippen LogP contribution in [0.2, 0.25) is 0 Å². The fourth-order valence-corrected chi connectivity index (χ4v) is 3.95. The van der Waals surface area contributed by atoms with Gasteiger partial charge in [-0.25, -0.2) is 9.78 Å². The van der Waals surface area contributed by atoms with Crippen LogP contribution < -0.4 is 4.90 Å². The summed E-state index contributed by atoms with van der Waals surface area (Å²) in [5.41, 5.74) is 0.670. The maximum Gasteiger partial charge on any atom is 0.416 e. The van der Waals surface area contributed by atoms with Crippen molar-refractivity contribution in [3.05, 3.63) is 23.9 Å². The Bertz CT molecular complexity index is 649. The largest absolute Gasteiger partial charge is 0.443 e. The smallest absolute Gasteiger partial charge is 0.416 e. The van der Waals surface area contributed by atoms with Gasteiger partial charge in [-0.2, -0.15) is 0 Å². The van der Waals surface area contributed by atoms with Crippen molar-refractivity contribution in [2.45, 2.75) is 84.4 Å². The fourth-order valence-electron chi connectivity index (χ4n) is 3.95. The second-order valence-electron chi connectivity index (χ2n) is 9.40. The summed E-state index contributed by atoms with van der Waals surface area (Å²) in [6, 6.07) is 4.70. The minimum Gasteiger partial charge on any atom is -0.443 e. The molecule has 0 aromatic carbocycles. The van der Waals surface area contributed by atoms with Crippen molar-refractivity contribution < 1.29 is 9.53 Å². The predicted octanol–water partition coefficient (Wildman–Crippen LogP) is 5.17. The highest BCUT2D eigenvalue weighted by Crippen LogP contribution is 2.40. The molecule has 0 radical (unpaired) electrons. The van der Waals surface area contributed by atoms with Crippen LogP contribution in [-0.2, 0) is 4.74 Å². The average molecular weight is 374 g/mol. The second-order valence-corrected chi connectivity index (χ2v) is 9.40. The normalized spacial score (nSPS) is 21.3. The van der Waals surface area contributed by atoms with E-state index < -0.39 is 5.60 Å². The molecule has 27 heavy (non-hydrogen) atoms. The number of ether oxygens (including phenoxy) is 1. The van der Waals surface area contributed by atoms with E-state index >= 15 is 0 Å². The van der Waals surface area contributed by atoms with Gasteiger partial charge in [-0.3, -0.25) is 9.80 Å². The first-order chi connectivity index (χ1) is 12.8. The molecule has 1 saturated heterocycles. The lowest BCUT2D eigenvalue weighted by Gasteiger charge is -2.38. The summed E-state index contributed by atoms with van der Waals surface area (Å²) in [5, 5.41) is 0. The molecule has 5 nitrogen and oxygen atoms in total. The first kappa shape index (κ1) is 20.1. The van der Waals surface area contributed by atoms with Crippen molar-refractivity contribution in [1.82, 2.24) is 9.88 Å². The summed E-state index contributed by atoms with van der Waals surface area (Å²) in [4.78, 5) is 22.1. The molecule has 1 aromatic heterocycles. The molecule has 0 bridgehead atoms. The Kier molecular flexibility index (Phi) is 6.09. The van der Waals surface area contributed by atoms with E-state index in [1.165, 1.54) is 18.4 Å². The van der Waals surface area contributed by atoms with Crippen LogP contribution in [0.5, 0.6) is 0 Å². The molecule has 0 N–H and O–H groups in total. The number of carbonyl (C=O) groups excluding carboxylic acids is 1. The third-order valence-corrected chi connectivity index (χ3v) is 5.12. The quantitative estimate of drug-likeness (QED) is 0.714. The average Bonchev–Trinajstić information content (AvgIpc) is 3.39. The van der Waals surface area contributed by atoms with E-state index in [1.54, 1.807) is 6.20 Å². The number of nitrogens with zero attached hydrogens (tertiary/aromatic N) is 3. The zero-order valence-corrected chi connectivity index (χ0v) is 17.6. The van der Waals surface area contributed by atoms with Gasteiger partial charge in [0.25, 0.3) is 0 Å². The van der Waals surface area contributed by atoms with Gasteiger partial charge < -0.3 is 4.74 Å². The number of anilines is 1. The van der Waals surface area contributed by atoms with Crippen LogP contribution in [0, 0.1) is 5.92 Å². The van der Waals surface area contributed by atoms with Crippen LogP contribution in [0.4, 0.5) is 10.6 Å².